The van der Waals surface area contributed by atoms with Crippen LogP contribution in [-0.4, -0.2) is 17.6 Å². The van der Waals surface area contributed by atoms with Gasteiger partial charge in [-0.05, 0) is 12.5 Å². The Labute approximate surface area is 126 Å². The molecule has 2 rings (SSSR count). The van der Waals surface area contributed by atoms with E-state index in [1.54, 1.807) is 16.8 Å². The monoisotopic (exact) mass is 301 g/mol. The van der Waals surface area contributed by atoms with Gasteiger partial charge in [-0.3, -0.25) is 4.57 Å². The Hall–Kier alpha value is -1.88. The average Bonchev–Trinajstić information content (AvgIpc) is 2.46. The van der Waals surface area contributed by atoms with E-state index in [0.717, 1.165) is 12.8 Å². The third-order valence-electron chi connectivity index (χ3n) is 3.90. The van der Waals surface area contributed by atoms with E-state index in [-0.39, 0.29) is 11.5 Å². The van der Waals surface area contributed by atoms with Gasteiger partial charge < -0.3 is 5.73 Å². The van der Waals surface area contributed by atoms with Gasteiger partial charge in [0.25, 0.3) is 0 Å². The zero-order valence-corrected chi connectivity index (χ0v) is 13.7. The second-order valence-electron chi connectivity index (χ2n) is 6.04. The summed E-state index contributed by atoms with van der Waals surface area (Å²) in [6.07, 6.45) is 3.85. The zero-order chi connectivity index (χ0) is 15.3. The summed E-state index contributed by atoms with van der Waals surface area (Å²) < 4.78 is 1.63. The van der Waals surface area contributed by atoms with Gasteiger partial charge >= 0.3 is 5.69 Å². The number of hydrogen-bond acceptors (Lipinski definition) is 3. The van der Waals surface area contributed by atoms with E-state index in [4.69, 9.17) is 5.73 Å². The first-order valence-corrected chi connectivity index (χ1v) is 10.6. The highest BCUT2D eigenvalue weighted by molar-refractivity contribution is 6.89. The molecule has 0 aliphatic carbocycles. The maximum Gasteiger partial charge on any atom is 0.349 e. The van der Waals surface area contributed by atoms with Gasteiger partial charge in [0.05, 0.1) is 8.07 Å². The molecule has 0 aliphatic rings. The van der Waals surface area contributed by atoms with Crippen LogP contribution < -0.4 is 16.6 Å². The molecule has 1 aromatic carbocycles. The van der Waals surface area contributed by atoms with Crippen molar-refractivity contribution in [2.24, 2.45) is 0 Å². The second-order valence-corrected chi connectivity index (χ2v) is 10.9. The summed E-state index contributed by atoms with van der Waals surface area (Å²) in [6, 6.07) is 13.7. The first kappa shape index (κ1) is 15.5. The van der Waals surface area contributed by atoms with Gasteiger partial charge in [-0.25, -0.2) is 4.79 Å². The van der Waals surface area contributed by atoms with Crippen LogP contribution in [0, 0.1) is 0 Å². The quantitative estimate of drug-likeness (QED) is 0.657. The van der Waals surface area contributed by atoms with E-state index in [2.05, 4.69) is 48.4 Å². The maximum atomic E-state index is 11.6. The number of benzene rings is 1. The van der Waals surface area contributed by atoms with Crippen LogP contribution in [-0.2, 0) is 6.54 Å². The van der Waals surface area contributed by atoms with Crippen molar-refractivity contribution in [3.05, 3.63) is 53.1 Å². The smallest absolute Gasteiger partial charge is 0.349 e. The molecule has 0 unspecified atom stereocenters. The van der Waals surface area contributed by atoms with Crippen LogP contribution in [0.25, 0.3) is 0 Å². The molecule has 5 heteroatoms. The molecule has 0 saturated heterocycles. The number of unbranched alkanes of at least 4 members (excludes halogenated alkanes) is 1. The van der Waals surface area contributed by atoms with Crippen LogP contribution in [0.2, 0.25) is 19.1 Å². The van der Waals surface area contributed by atoms with Crippen molar-refractivity contribution in [2.45, 2.75) is 38.5 Å². The molecule has 0 amide bonds. The topological polar surface area (TPSA) is 60.9 Å². The molecule has 0 spiro atoms. The molecule has 0 aliphatic heterocycles. The van der Waals surface area contributed by atoms with Gasteiger partial charge in [-0.15, -0.1) is 0 Å². The lowest BCUT2D eigenvalue weighted by Crippen LogP contribution is -2.40. The van der Waals surface area contributed by atoms with Crippen molar-refractivity contribution < 1.29 is 0 Å². The fraction of sp³-hybridized carbons (Fsp3) is 0.375. The SMILES string of the molecule is C[Si](C)(CCCCn1ccc(N)nc1=O)c1ccccc1. The van der Waals surface area contributed by atoms with Gasteiger partial charge in [0.15, 0.2) is 0 Å². The fourth-order valence-electron chi connectivity index (χ4n) is 2.49. The van der Waals surface area contributed by atoms with E-state index in [1.807, 2.05) is 0 Å². The third-order valence-corrected chi connectivity index (χ3v) is 7.40. The highest BCUT2D eigenvalue weighted by atomic mass is 28.3. The van der Waals surface area contributed by atoms with Crippen molar-refractivity contribution in [3.63, 3.8) is 0 Å². The van der Waals surface area contributed by atoms with Crippen LogP contribution in [0.1, 0.15) is 12.8 Å². The van der Waals surface area contributed by atoms with Gasteiger partial charge in [0, 0.05) is 12.7 Å². The molecule has 2 N–H and O–H groups in total. The molecule has 0 radical (unpaired) electrons. The molecular weight excluding hydrogens is 278 g/mol. The molecule has 0 saturated carbocycles. The molecule has 1 heterocycles. The summed E-state index contributed by atoms with van der Waals surface area (Å²) in [7, 11) is -1.36. The summed E-state index contributed by atoms with van der Waals surface area (Å²) in [5, 5.41) is 1.50. The Balaban J connectivity index is 1.86. The number of aromatic nitrogens is 2. The molecule has 112 valence electrons. The zero-order valence-electron chi connectivity index (χ0n) is 12.7. The lowest BCUT2D eigenvalue weighted by molar-refractivity contribution is 0.598. The first-order chi connectivity index (χ1) is 9.99. The molecule has 0 atom stereocenters. The number of nitrogens with zero attached hydrogens (tertiary/aromatic N) is 2. The summed E-state index contributed by atoms with van der Waals surface area (Å²) >= 11 is 0. The van der Waals surface area contributed by atoms with Gasteiger partial charge in [-0.2, -0.15) is 4.98 Å². The van der Waals surface area contributed by atoms with Crippen molar-refractivity contribution in [1.82, 2.24) is 9.55 Å². The Kier molecular flexibility index (Phi) is 4.96. The summed E-state index contributed by atoms with van der Waals surface area (Å²) in [5.74, 6) is 0.286. The Morgan fingerprint density at radius 2 is 1.86 bits per heavy atom. The minimum atomic E-state index is -1.36. The lowest BCUT2D eigenvalue weighted by atomic mass is 10.3. The van der Waals surface area contributed by atoms with Crippen LogP contribution in [0.15, 0.2) is 47.4 Å². The molecule has 0 fully saturated rings. The highest BCUT2D eigenvalue weighted by Gasteiger charge is 2.22. The molecule has 2 aromatic rings. The summed E-state index contributed by atoms with van der Waals surface area (Å²) in [5.41, 5.74) is 5.23. The van der Waals surface area contributed by atoms with Gasteiger partial charge in [-0.1, -0.05) is 61.1 Å². The van der Waals surface area contributed by atoms with Crippen molar-refractivity contribution in [2.75, 3.05) is 5.73 Å². The standard InChI is InChI=1S/C16H23N3OSi/c1-21(2,14-8-4-3-5-9-14)13-7-6-11-19-12-10-15(17)18-16(19)20/h3-5,8-10,12H,6-7,11,13H2,1-2H3,(H2,17,18,20). The van der Waals surface area contributed by atoms with Crippen LogP contribution >= 0.6 is 0 Å². The Bertz CT molecular complexity index is 637. The van der Waals surface area contributed by atoms with Crippen LogP contribution in [0.4, 0.5) is 5.82 Å². The fourth-order valence-corrected chi connectivity index (χ4v) is 5.01. The normalized spacial score (nSPS) is 11.5. The van der Waals surface area contributed by atoms with Gasteiger partial charge in [0.1, 0.15) is 5.82 Å². The third kappa shape index (κ3) is 4.29. The average molecular weight is 301 g/mol. The highest BCUT2D eigenvalue weighted by Crippen LogP contribution is 2.14. The number of nitrogen functional groups attached to an aromatic ring is 1. The van der Waals surface area contributed by atoms with E-state index in [1.165, 1.54) is 11.2 Å². The largest absolute Gasteiger partial charge is 0.383 e. The van der Waals surface area contributed by atoms with Crippen molar-refractivity contribution in [1.29, 1.82) is 0 Å². The van der Waals surface area contributed by atoms with Crippen molar-refractivity contribution >= 4 is 19.1 Å². The Morgan fingerprint density at radius 1 is 1.14 bits per heavy atom. The second kappa shape index (κ2) is 6.71. The summed E-state index contributed by atoms with van der Waals surface area (Å²) in [6.45, 7) is 5.52. The van der Waals surface area contributed by atoms with Crippen molar-refractivity contribution in [3.8, 4) is 0 Å². The molecule has 21 heavy (non-hydrogen) atoms. The Morgan fingerprint density at radius 3 is 2.52 bits per heavy atom. The van der Waals surface area contributed by atoms with E-state index in [9.17, 15) is 4.79 Å². The number of hydrogen-bond donors (Lipinski definition) is 1. The number of aryl methyl sites for hydroxylation is 1. The van der Waals surface area contributed by atoms with Crippen LogP contribution in [0.5, 0.6) is 0 Å². The van der Waals surface area contributed by atoms with Gasteiger partial charge in [0.2, 0.25) is 0 Å². The maximum absolute atomic E-state index is 11.6. The minimum Gasteiger partial charge on any atom is -0.383 e. The molecule has 1 aromatic heterocycles. The predicted octanol–water partition coefficient (Wildman–Crippen LogP) is 2.22. The lowest BCUT2D eigenvalue weighted by Gasteiger charge is -2.22. The van der Waals surface area contributed by atoms with Crippen LogP contribution in [0.3, 0.4) is 0 Å². The minimum absolute atomic E-state index is 0.255. The molecule has 4 nitrogen and oxygen atoms in total. The first-order valence-electron chi connectivity index (χ1n) is 7.37. The predicted molar refractivity (Wildman–Crippen MR) is 90.5 cm³/mol. The number of nitrogens with two attached hydrogens (primary N) is 1. The number of anilines is 1. The van der Waals surface area contributed by atoms with E-state index < -0.39 is 8.07 Å². The molecular formula is C16H23N3OSi. The van der Waals surface area contributed by atoms with E-state index in [0.29, 0.717) is 6.54 Å². The molecule has 0 bridgehead atoms. The summed E-state index contributed by atoms with van der Waals surface area (Å²) in [4.78, 5) is 15.4. The van der Waals surface area contributed by atoms with E-state index >= 15 is 0 Å². The number of rotatable bonds is 6.